The number of nitrogens with zero attached hydrogens (tertiary/aromatic N) is 1. The van der Waals surface area contributed by atoms with E-state index in [1.54, 1.807) is 0 Å². The van der Waals surface area contributed by atoms with E-state index in [9.17, 15) is 22.0 Å². The first-order chi connectivity index (χ1) is 12.1. The summed E-state index contributed by atoms with van der Waals surface area (Å²) in [7, 11) is -0.926. The Morgan fingerprint density at radius 1 is 1.31 bits per heavy atom. The van der Waals surface area contributed by atoms with E-state index in [2.05, 4.69) is 4.72 Å². The largest absolute Gasteiger partial charge is 0.497 e. The van der Waals surface area contributed by atoms with E-state index < -0.39 is 33.5 Å². The van der Waals surface area contributed by atoms with Crippen LogP contribution in [0.2, 0.25) is 0 Å². The Hall–Kier alpha value is -1.94. The van der Waals surface area contributed by atoms with E-state index in [4.69, 9.17) is 9.47 Å². The summed E-state index contributed by atoms with van der Waals surface area (Å²) in [4.78, 5) is 13.5. The third-order valence-electron chi connectivity index (χ3n) is 4.10. The number of amides is 1. The maximum atomic E-state index is 14.9. The van der Waals surface area contributed by atoms with Crippen molar-refractivity contribution in [1.82, 2.24) is 9.62 Å². The third-order valence-corrected chi connectivity index (χ3v) is 4.86. The number of hydrogen-bond donors (Lipinski definition) is 1. The Balaban J connectivity index is 2.27. The van der Waals surface area contributed by atoms with Gasteiger partial charge in [0.2, 0.25) is 10.0 Å². The normalized spacial score (nSPS) is 18.5. The first-order valence-corrected chi connectivity index (χ1v) is 9.84. The Bertz CT molecular complexity index is 770. The van der Waals surface area contributed by atoms with Gasteiger partial charge in [-0.25, -0.2) is 13.1 Å². The van der Waals surface area contributed by atoms with E-state index in [-0.39, 0.29) is 24.6 Å². The fraction of sp³-hybridized carbons (Fsp3) is 0.562. The van der Waals surface area contributed by atoms with Crippen LogP contribution in [0.3, 0.4) is 0 Å². The lowest BCUT2D eigenvalue weighted by atomic mass is 10.0. The molecular formula is C16H22F2N2O5S. The topological polar surface area (TPSA) is 84.9 Å². The van der Waals surface area contributed by atoms with Crippen molar-refractivity contribution in [3.8, 4) is 11.5 Å². The minimum atomic E-state index is -3.84. The van der Waals surface area contributed by atoms with Gasteiger partial charge in [0.25, 0.3) is 5.91 Å². The number of ether oxygens (including phenoxy) is 2. The highest BCUT2D eigenvalue weighted by Gasteiger charge is 2.47. The fourth-order valence-corrected chi connectivity index (χ4v) is 3.73. The van der Waals surface area contributed by atoms with Gasteiger partial charge in [0.15, 0.2) is 0 Å². The van der Waals surface area contributed by atoms with Crippen LogP contribution in [0.1, 0.15) is 18.4 Å². The molecule has 0 unspecified atom stereocenters. The molecule has 146 valence electrons. The van der Waals surface area contributed by atoms with Crippen molar-refractivity contribution in [3.63, 3.8) is 0 Å². The van der Waals surface area contributed by atoms with E-state index >= 15 is 0 Å². The van der Waals surface area contributed by atoms with E-state index in [1.165, 1.54) is 26.4 Å². The predicted molar refractivity (Wildman–Crippen MR) is 91.0 cm³/mol. The Kier molecular flexibility index (Phi) is 6.07. The summed E-state index contributed by atoms with van der Waals surface area (Å²) in [6.45, 7) is 0.0103. The highest BCUT2D eigenvalue weighted by molar-refractivity contribution is 7.88. The number of piperidine rings is 1. The van der Waals surface area contributed by atoms with E-state index in [0.717, 1.165) is 17.2 Å². The highest BCUT2D eigenvalue weighted by Crippen LogP contribution is 2.39. The SMILES string of the molecule is COc1ccc(OC)c(C(F)(F)C(=O)N2CCC[C@H](NS(C)(=O)=O)C2)c1. The summed E-state index contributed by atoms with van der Waals surface area (Å²) >= 11 is 0. The molecule has 1 aromatic rings. The van der Waals surface area contributed by atoms with E-state index in [1.807, 2.05) is 0 Å². The fourth-order valence-electron chi connectivity index (χ4n) is 2.93. The van der Waals surface area contributed by atoms with Gasteiger partial charge in [0.05, 0.1) is 26.0 Å². The molecule has 1 aromatic carbocycles. The number of rotatable bonds is 6. The van der Waals surface area contributed by atoms with Crippen molar-refractivity contribution in [1.29, 1.82) is 0 Å². The second-order valence-corrected chi connectivity index (χ2v) is 7.90. The van der Waals surface area contributed by atoms with Crippen molar-refractivity contribution in [3.05, 3.63) is 23.8 Å². The number of hydrogen-bond acceptors (Lipinski definition) is 5. The summed E-state index contributed by atoms with van der Waals surface area (Å²) in [6.07, 6.45) is 1.89. The Morgan fingerprint density at radius 2 is 2.00 bits per heavy atom. The van der Waals surface area contributed by atoms with E-state index in [0.29, 0.717) is 12.8 Å². The van der Waals surface area contributed by atoms with Crippen LogP contribution in [-0.4, -0.2) is 58.8 Å². The van der Waals surface area contributed by atoms with Gasteiger partial charge < -0.3 is 14.4 Å². The maximum Gasteiger partial charge on any atom is 0.353 e. The minimum absolute atomic E-state index is 0.117. The minimum Gasteiger partial charge on any atom is -0.497 e. The number of likely N-dealkylation sites (tertiary alicyclic amines) is 1. The summed E-state index contributed by atoms with van der Waals surface area (Å²) < 4.78 is 64.8. The van der Waals surface area contributed by atoms with Crippen LogP contribution in [0, 0.1) is 0 Å². The van der Waals surface area contributed by atoms with Gasteiger partial charge in [-0.2, -0.15) is 8.78 Å². The maximum absolute atomic E-state index is 14.9. The molecule has 26 heavy (non-hydrogen) atoms. The molecule has 10 heteroatoms. The second kappa shape index (κ2) is 7.75. The van der Waals surface area contributed by atoms with Crippen LogP contribution < -0.4 is 14.2 Å². The molecule has 1 aliphatic rings. The molecule has 1 saturated heterocycles. The number of carbonyl (C=O) groups excluding carboxylic acids is 1. The van der Waals surface area contributed by atoms with Gasteiger partial charge in [0, 0.05) is 19.1 Å². The summed E-state index contributed by atoms with van der Waals surface area (Å²) in [5.74, 6) is -5.20. The van der Waals surface area contributed by atoms with Crippen LogP contribution in [0.4, 0.5) is 8.78 Å². The molecule has 0 bridgehead atoms. The molecule has 0 aliphatic carbocycles. The zero-order valence-electron chi connectivity index (χ0n) is 14.8. The van der Waals surface area contributed by atoms with Crippen LogP contribution in [0.15, 0.2) is 18.2 Å². The molecule has 7 nitrogen and oxygen atoms in total. The molecule has 1 aliphatic heterocycles. The first-order valence-electron chi connectivity index (χ1n) is 7.95. The number of nitrogens with one attached hydrogen (secondary N) is 1. The van der Waals surface area contributed by atoms with Gasteiger partial charge in [-0.3, -0.25) is 4.79 Å². The number of halogens is 2. The van der Waals surface area contributed by atoms with Gasteiger partial charge in [-0.05, 0) is 31.0 Å². The van der Waals surface area contributed by atoms with Gasteiger partial charge in [-0.15, -0.1) is 0 Å². The van der Waals surface area contributed by atoms with Crippen molar-refractivity contribution in [2.45, 2.75) is 24.8 Å². The molecule has 2 rings (SSSR count). The Morgan fingerprint density at radius 3 is 2.58 bits per heavy atom. The molecule has 1 fully saturated rings. The van der Waals surface area contributed by atoms with Crippen molar-refractivity contribution < 1.29 is 31.5 Å². The first kappa shape index (κ1) is 20.4. The van der Waals surface area contributed by atoms with Crippen molar-refractivity contribution in [2.75, 3.05) is 33.6 Å². The molecule has 1 N–H and O–H groups in total. The number of alkyl halides is 2. The van der Waals surface area contributed by atoms with Crippen LogP contribution in [0.25, 0.3) is 0 Å². The molecule has 0 spiro atoms. The van der Waals surface area contributed by atoms with Gasteiger partial charge in [-0.1, -0.05) is 0 Å². The average Bonchev–Trinajstić information content (AvgIpc) is 2.59. The summed E-state index contributed by atoms with van der Waals surface area (Å²) in [5.41, 5.74) is -0.595. The quantitative estimate of drug-likeness (QED) is 0.790. The molecule has 0 aromatic heterocycles. The van der Waals surface area contributed by atoms with Gasteiger partial charge >= 0.3 is 5.92 Å². The van der Waals surface area contributed by atoms with Crippen molar-refractivity contribution in [2.24, 2.45) is 0 Å². The van der Waals surface area contributed by atoms with Gasteiger partial charge in [0.1, 0.15) is 11.5 Å². The third kappa shape index (κ3) is 4.61. The molecule has 0 radical (unpaired) electrons. The summed E-state index contributed by atoms with van der Waals surface area (Å²) in [5, 5.41) is 0. The lowest BCUT2D eigenvalue weighted by Crippen LogP contribution is -2.52. The summed E-state index contributed by atoms with van der Waals surface area (Å²) in [6, 6.07) is 3.23. The van der Waals surface area contributed by atoms with Crippen LogP contribution in [-0.2, 0) is 20.7 Å². The smallest absolute Gasteiger partial charge is 0.353 e. The lowest BCUT2D eigenvalue weighted by Gasteiger charge is -2.35. The number of sulfonamides is 1. The molecule has 1 heterocycles. The molecular weight excluding hydrogens is 370 g/mol. The standard InChI is InChI=1S/C16H22F2N2O5S/c1-24-12-6-7-14(25-2)13(9-12)16(17,18)15(21)20-8-4-5-11(10-20)19-26(3,22)23/h6-7,9,11,19H,4-5,8,10H2,1-3H3/t11-/m0/s1. The number of methoxy groups -OCH3 is 2. The average molecular weight is 392 g/mol. The second-order valence-electron chi connectivity index (χ2n) is 6.12. The van der Waals surface area contributed by atoms with Crippen LogP contribution in [0.5, 0.6) is 11.5 Å². The monoisotopic (exact) mass is 392 g/mol. The molecule has 1 atom stereocenters. The lowest BCUT2D eigenvalue weighted by molar-refractivity contribution is -0.160. The molecule has 0 saturated carbocycles. The number of benzene rings is 1. The van der Waals surface area contributed by atoms with Crippen LogP contribution >= 0.6 is 0 Å². The Labute approximate surface area is 151 Å². The zero-order valence-corrected chi connectivity index (χ0v) is 15.6. The zero-order chi connectivity index (χ0) is 19.5. The van der Waals surface area contributed by atoms with Crippen molar-refractivity contribution >= 4 is 15.9 Å². The number of carbonyl (C=O) groups is 1. The predicted octanol–water partition coefficient (Wildman–Crippen LogP) is 1.34. The highest BCUT2D eigenvalue weighted by atomic mass is 32.2. The molecule has 1 amide bonds.